The van der Waals surface area contributed by atoms with Gasteiger partial charge in [0.25, 0.3) is 0 Å². The van der Waals surface area contributed by atoms with E-state index in [0.29, 0.717) is 0 Å². The van der Waals surface area contributed by atoms with Gasteiger partial charge in [-0.1, -0.05) is 20.8 Å². The summed E-state index contributed by atoms with van der Waals surface area (Å²) < 4.78 is 45.7. The largest absolute Gasteiger partial charge is 0.463 e. The Bertz CT molecular complexity index is 803. The van der Waals surface area contributed by atoms with Crippen LogP contribution >= 0.6 is 9.24 Å². The van der Waals surface area contributed by atoms with Crippen LogP contribution in [0.1, 0.15) is 48.5 Å². The Hall–Kier alpha value is -1.85. The Morgan fingerprint density at radius 1 is 0.649 bits per heavy atom. The highest BCUT2D eigenvalue weighted by molar-refractivity contribution is 7.16. The number of hydrogen-bond acceptors (Lipinski definition) is 12. The van der Waals surface area contributed by atoms with Crippen LogP contribution in [0.3, 0.4) is 0 Å². The smallest absolute Gasteiger partial charge is 0.303 e. The van der Waals surface area contributed by atoms with E-state index in [4.69, 9.17) is 37.9 Å². The molecular formula is C24H39O12P. The molecule has 2 heterocycles. The van der Waals surface area contributed by atoms with Crippen molar-refractivity contribution in [3.63, 3.8) is 0 Å². The van der Waals surface area contributed by atoms with Gasteiger partial charge in [-0.15, -0.1) is 9.24 Å². The Balaban J connectivity index is 2.38. The van der Waals surface area contributed by atoms with Crippen molar-refractivity contribution in [2.75, 3.05) is 19.6 Å². The summed E-state index contributed by atoms with van der Waals surface area (Å²) >= 11 is 0. The summed E-state index contributed by atoms with van der Waals surface area (Å²) in [6, 6.07) is 0. The average Bonchev–Trinajstić information content (AvgIpc) is 2.80. The summed E-state index contributed by atoms with van der Waals surface area (Å²) in [6.07, 6.45) is -5.65. The molecule has 11 atom stereocenters. The second kappa shape index (κ2) is 14.3. The lowest BCUT2D eigenvalue weighted by Crippen LogP contribution is -2.61. The molecule has 5 unspecified atom stereocenters. The fraction of sp³-hybridized carbons (Fsp3) is 0.833. The molecule has 2 saturated heterocycles. The molecule has 0 aromatic rings. The maximum Gasteiger partial charge on any atom is 0.303 e. The summed E-state index contributed by atoms with van der Waals surface area (Å²) in [5.41, 5.74) is 0. The zero-order valence-electron chi connectivity index (χ0n) is 22.4. The lowest BCUT2D eigenvalue weighted by atomic mass is 9.83. The van der Waals surface area contributed by atoms with Crippen LogP contribution in [0.4, 0.5) is 0 Å². The van der Waals surface area contributed by atoms with E-state index in [1.54, 1.807) is 6.92 Å². The molecule has 0 amide bonds. The van der Waals surface area contributed by atoms with Crippen LogP contribution in [0, 0.1) is 17.8 Å². The van der Waals surface area contributed by atoms with Crippen LogP contribution in [-0.2, 0) is 57.1 Å². The lowest BCUT2D eigenvalue weighted by molar-refractivity contribution is -0.343. The molecule has 0 spiro atoms. The molecular weight excluding hydrogens is 511 g/mol. The van der Waals surface area contributed by atoms with Crippen molar-refractivity contribution in [2.24, 2.45) is 17.8 Å². The van der Waals surface area contributed by atoms with Crippen LogP contribution in [0.15, 0.2) is 0 Å². The summed E-state index contributed by atoms with van der Waals surface area (Å²) in [5.74, 6) is -2.91. The van der Waals surface area contributed by atoms with Crippen molar-refractivity contribution >= 4 is 33.1 Å². The van der Waals surface area contributed by atoms with Crippen LogP contribution in [0.2, 0.25) is 0 Å². The fourth-order valence-electron chi connectivity index (χ4n) is 4.50. The Kier molecular flexibility index (Phi) is 12.2. The van der Waals surface area contributed by atoms with Gasteiger partial charge in [-0.05, 0) is 5.92 Å². The van der Waals surface area contributed by atoms with E-state index in [2.05, 4.69) is 9.24 Å². The van der Waals surface area contributed by atoms with Gasteiger partial charge in [0.2, 0.25) is 0 Å². The molecule has 0 aliphatic carbocycles. The second-order valence-corrected chi connectivity index (χ2v) is 9.68. The second-order valence-electron chi connectivity index (χ2n) is 9.35. The highest BCUT2D eigenvalue weighted by atomic mass is 31.0. The molecule has 2 aliphatic heterocycles. The number of hydrogen-bond donors (Lipinski definition) is 0. The maximum absolute atomic E-state index is 11.9. The standard InChI is InChI=1S/C24H39O12P/c1-11-12(2)21(32-16(6)27)24(34-18(11)8-29-14(4)25)36-20-13(3)22(33-17(7)28)23(31-10-37)35-19(20)9-30-15(5)26/h11-13,18-24H,8-10,37H2,1-7H3/t11-,12+,13?,18?,19-,20+,21?,22?,23+,24+/m1/s1. The van der Waals surface area contributed by atoms with Gasteiger partial charge < -0.3 is 37.9 Å². The van der Waals surface area contributed by atoms with Crippen molar-refractivity contribution in [1.29, 1.82) is 0 Å². The van der Waals surface area contributed by atoms with E-state index in [1.165, 1.54) is 27.7 Å². The molecule has 212 valence electrons. The molecule has 37 heavy (non-hydrogen) atoms. The first-order valence-electron chi connectivity index (χ1n) is 12.2. The minimum Gasteiger partial charge on any atom is -0.463 e. The maximum atomic E-state index is 11.9. The van der Waals surface area contributed by atoms with E-state index < -0.39 is 72.9 Å². The molecule has 0 saturated carbocycles. The first-order valence-corrected chi connectivity index (χ1v) is 13.1. The van der Waals surface area contributed by atoms with Crippen LogP contribution in [0.5, 0.6) is 0 Å². The highest BCUT2D eigenvalue weighted by Crippen LogP contribution is 2.38. The SMILES string of the molecule is CC(=O)OCC1O[C@@H](O[C@H]2C(C)C(OC(C)=O)[C@@H](OCP)O[C@@H]2COC(C)=O)C(OC(C)=O)[C@@H](C)[C@H]1C. The summed E-state index contributed by atoms with van der Waals surface area (Å²) in [5, 5.41) is 0. The molecule has 0 radical (unpaired) electrons. The Morgan fingerprint density at radius 3 is 1.62 bits per heavy atom. The van der Waals surface area contributed by atoms with Gasteiger partial charge in [-0.3, -0.25) is 19.2 Å². The molecule has 13 heteroatoms. The van der Waals surface area contributed by atoms with Crippen molar-refractivity contribution in [3.8, 4) is 0 Å². The minimum absolute atomic E-state index is 0.0127. The van der Waals surface area contributed by atoms with Gasteiger partial charge in [-0.25, -0.2) is 0 Å². The Labute approximate surface area is 219 Å². The summed E-state index contributed by atoms with van der Waals surface area (Å²) in [7, 11) is 2.40. The number of ether oxygens (including phenoxy) is 8. The third kappa shape index (κ3) is 8.85. The van der Waals surface area contributed by atoms with E-state index in [1.807, 2.05) is 13.8 Å². The van der Waals surface area contributed by atoms with E-state index >= 15 is 0 Å². The lowest BCUT2D eigenvalue weighted by Gasteiger charge is -2.48. The van der Waals surface area contributed by atoms with Gasteiger partial charge in [-0.2, -0.15) is 0 Å². The molecule has 12 nitrogen and oxygen atoms in total. The normalized spacial score (nSPS) is 35.8. The van der Waals surface area contributed by atoms with Crippen LogP contribution < -0.4 is 0 Å². The van der Waals surface area contributed by atoms with Gasteiger partial charge >= 0.3 is 23.9 Å². The number of carbonyl (C=O) groups is 4. The first kappa shape index (κ1) is 31.4. The van der Waals surface area contributed by atoms with E-state index in [0.717, 1.165) is 0 Å². The topological polar surface area (TPSA) is 142 Å². The molecule has 2 rings (SSSR count). The number of rotatable bonds is 10. The van der Waals surface area contributed by atoms with Crippen LogP contribution in [0.25, 0.3) is 0 Å². The van der Waals surface area contributed by atoms with Crippen LogP contribution in [-0.4, -0.2) is 86.5 Å². The fourth-order valence-corrected chi connectivity index (χ4v) is 4.69. The third-order valence-corrected chi connectivity index (χ3v) is 6.74. The Morgan fingerprint density at radius 2 is 1.14 bits per heavy atom. The van der Waals surface area contributed by atoms with Gasteiger partial charge in [0, 0.05) is 39.5 Å². The van der Waals surface area contributed by atoms with E-state index in [-0.39, 0.29) is 31.4 Å². The predicted octanol–water partition coefficient (Wildman–Crippen LogP) is 1.57. The van der Waals surface area contributed by atoms with Crippen molar-refractivity contribution in [1.82, 2.24) is 0 Å². The van der Waals surface area contributed by atoms with Gasteiger partial charge in [0.15, 0.2) is 24.8 Å². The molecule has 2 fully saturated rings. The summed E-state index contributed by atoms with van der Waals surface area (Å²) in [6.45, 7) is 10.5. The zero-order chi connectivity index (χ0) is 27.9. The third-order valence-electron chi connectivity index (χ3n) is 6.55. The average molecular weight is 551 g/mol. The first-order chi connectivity index (χ1) is 17.3. The number of esters is 4. The quantitative estimate of drug-likeness (QED) is 0.221. The zero-order valence-corrected chi connectivity index (χ0v) is 23.5. The number of carbonyl (C=O) groups excluding carboxylic acids is 4. The van der Waals surface area contributed by atoms with Crippen molar-refractivity contribution < 1.29 is 57.1 Å². The van der Waals surface area contributed by atoms with Crippen molar-refractivity contribution in [3.05, 3.63) is 0 Å². The predicted molar refractivity (Wildman–Crippen MR) is 130 cm³/mol. The molecule has 2 aliphatic rings. The molecule has 0 aromatic carbocycles. The monoisotopic (exact) mass is 550 g/mol. The summed E-state index contributed by atoms with van der Waals surface area (Å²) in [4.78, 5) is 46.8. The van der Waals surface area contributed by atoms with Gasteiger partial charge in [0.1, 0.15) is 19.3 Å². The molecule has 0 aromatic heterocycles. The highest BCUT2D eigenvalue weighted by Gasteiger charge is 2.51. The molecule has 0 N–H and O–H groups in total. The van der Waals surface area contributed by atoms with E-state index in [9.17, 15) is 19.2 Å². The van der Waals surface area contributed by atoms with Gasteiger partial charge in [0.05, 0.1) is 18.6 Å². The van der Waals surface area contributed by atoms with Crippen molar-refractivity contribution in [2.45, 2.75) is 91.6 Å². The molecule has 0 bridgehead atoms. The minimum atomic E-state index is -1.08.